The van der Waals surface area contributed by atoms with Gasteiger partial charge in [0.05, 0.1) is 12.4 Å². The lowest BCUT2D eigenvalue weighted by Crippen LogP contribution is -2.16. The van der Waals surface area contributed by atoms with Crippen molar-refractivity contribution < 1.29 is 30.6 Å². The average Bonchev–Trinajstić information content (AvgIpc) is 3.32. The van der Waals surface area contributed by atoms with Gasteiger partial charge in [-0.1, -0.05) is 24.3 Å². The highest BCUT2D eigenvalue weighted by atomic mass is 32.2. The van der Waals surface area contributed by atoms with E-state index in [1.165, 1.54) is 57.4 Å². The molecule has 0 unspecified atom stereocenters. The molecule has 1 heterocycles. The molecule has 0 saturated carbocycles. The number of amides is 1. The minimum Gasteiger partial charge on any atom is -0.493 e. The molecule has 14 heteroatoms. The molecule has 2 aromatic carbocycles. The summed E-state index contributed by atoms with van der Waals surface area (Å²) in [5, 5.41) is 10.6. The Morgan fingerprint density at radius 1 is 1.11 bits per heavy atom. The molecule has 1 amide bonds. The monoisotopic (exact) mass is 548 g/mol. The Morgan fingerprint density at radius 2 is 1.81 bits per heavy atom. The first-order valence-corrected chi connectivity index (χ1v) is 13.9. The number of hydrogen-bond donors (Lipinski definition) is 1. The number of ether oxygens (including phenoxy) is 1. The first-order chi connectivity index (χ1) is 17.0. The maximum atomic E-state index is 12.6. The molecule has 0 radical (unpaired) electrons. The van der Waals surface area contributed by atoms with Crippen molar-refractivity contribution in [2.45, 2.75) is 29.1 Å². The summed E-state index contributed by atoms with van der Waals surface area (Å²) in [6.45, 7) is 2.96. The Balaban J connectivity index is 1.82. The minimum absolute atomic E-state index is 0.0412. The number of nitrogens with one attached hydrogen (secondary N) is 1. The maximum Gasteiger partial charge on any atom is 0.339 e. The van der Waals surface area contributed by atoms with Crippen LogP contribution in [0.4, 0.5) is 5.13 Å². The molecule has 0 bridgehead atoms. The molecule has 0 aliphatic heterocycles. The third kappa shape index (κ3) is 6.06. The lowest BCUT2D eigenvalue weighted by molar-refractivity contribution is -0.112. The second kappa shape index (κ2) is 10.9. The van der Waals surface area contributed by atoms with Crippen LogP contribution in [0, 0.1) is 11.3 Å². The minimum atomic E-state index is -4.11. The van der Waals surface area contributed by atoms with Crippen molar-refractivity contribution in [2.75, 3.05) is 12.4 Å². The number of rotatable bonds is 9. The van der Waals surface area contributed by atoms with Gasteiger partial charge in [-0.25, -0.2) is 8.42 Å². The van der Waals surface area contributed by atoms with Gasteiger partial charge in [-0.15, -0.1) is 0 Å². The van der Waals surface area contributed by atoms with Gasteiger partial charge < -0.3 is 8.92 Å². The number of methoxy groups -OCH3 is 1. The van der Waals surface area contributed by atoms with Crippen molar-refractivity contribution >= 4 is 48.6 Å². The normalized spacial score (nSPS) is 12.1. The lowest BCUT2D eigenvalue weighted by atomic mass is 10.1. The number of anilines is 1. The van der Waals surface area contributed by atoms with Crippen LogP contribution in [0.5, 0.6) is 11.5 Å². The van der Waals surface area contributed by atoms with Crippen LogP contribution in [0.25, 0.3) is 6.08 Å². The number of carbonyl (C=O) groups excluding carboxylic acids is 1. The highest BCUT2D eigenvalue weighted by Crippen LogP contribution is 2.31. The molecule has 11 nitrogen and oxygen atoms in total. The molecule has 1 N–H and O–H groups in total. The zero-order chi connectivity index (χ0) is 26.5. The predicted octanol–water partition coefficient (Wildman–Crippen LogP) is 3.04. The maximum absolute atomic E-state index is 12.6. The van der Waals surface area contributed by atoms with E-state index in [9.17, 15) is 26.9 Å². The Labute approximate surface area is 212 Å². The van der Waals surface area contributed by atoms with Crippen molar-refractivity contribution in [1.29, 1.82) is 5.26 Å². The second-order valence-electron chi connectivity index (χ2n) is 7.36. The highest BCUT2D eigenvalue weighted by molar-refractivity contribution is 7.91. The lowest BCUT2D eigenvalue weighted by Gasteiger charge is -2.11. The van der Waals surface area contributed by atoms with Crippen LogP contribution in [-0.2, 0) is 24.7 Å². The van der Waals surface area contributed by atoms with Gasteiger partial charge in [0.1, 0.15) is 16.5 Å². The van der Waals surface area contributed by atoms with E-state index in [-0.39, 0.29) is 27.1 Å². The Hall–Kier alpha value is -3.80. The van der Waals surface area contributed by atoms with E-state index in [0.717, 1.165) is 0 Å². The molecule has 0 fully saturated rings. The zero-order valence-corrected chi connectivity index (χ0v) is 21.6. The van der Waals surface area contributed by atoms with Gasteiger partial charge in [-0.2, -0.15) is 23.0 Å². The molecular formula is C22H20N4O7S3. The molecule has 0 aliphatic rings. The fourth-order valence-corrected chi connectivity index (χ4v) is 5.32. The largest absolute Gasteiger partial charge is 0.493 e. The topological polar surface area (TPSA) is 165 Å². The van der Waals surface area contributed by atoms with E-state index >= 15 is 0 Å². The zero-order valence-electron chi connectivity index (χ0n) is 19.2. The van der Waals surface area contributed by atoms with Gasteiger partial charge in [-0.05, 0) is 49.8 Å². The smallest absolute Gasteiger partial charge is 0.339 e. The SMILES string of the molecule is COc1cc(/C=C(/C#N)C(=O)Nc2nc(S(=O)(=O)C(C)C)ns2)ccc1OS(=O)(=O)c1ccccc1. The van der Waals surface area contributed by atoms with Crippen molar-refractivity contribution in [2.24, 2.45) is 0 Å². The van der Waals surface area contributed by atoms with Gasteiger partial charge in [0, 0.05) is 11.5 Å². The van der Waals surface area contributed by atoms with E-state index in [4.69, 9.17) is 8.92 Å². The summed E-state index contributed by atoms with van der Waals surface area (Å²) in [6, 6.07) is 13.5. The van der Waals surface area contributed by atoms with Crippen molar-refractivity contribution in [3.05, 3.63) is 59.7 Å². The number of nitriles is 1. The van der Waals surface area contributed by atoms with Crippen LogP contribution >= 0.6 is 11.5 Å². The van der Waals surface area contributed by atoms with Gasteiger partial charge in [-0.3, -0.25) is 10.1 Å². The number of hydrogen-bond acceptors (Lipinski definition) is 11. The van der Waals surface area contributed by atoms with Gasteiger partial charge in [0.2, 0.25) is 15.0 Å². The van der Waals surface area contributed by atoms with Crippen LogP contribution < -0.4 is 14.2 Å². The Morgan fingerprint density at radius 3 is 2.42 bits per heavy atom. The van der Waals surface area contributed by atoms with Crippen molar-refractivity contribution in [3.63, 3.8) is 0 Å². The van der Waals surface area contributed by atoms with Crippen molar-refractivity contribution in [3.8, 4) is 17.6 Å². The van der Waals surface area contributed by atoms with Crippen LogP contribution in [0.2, 0.25) is 0 Å². The number of benzene rings is 2. The van der Waals surface area contributed by atoms with E-state index in [1.807, 2.05) is 0 Å². The summed E-state index contributed by atoms with van der Waals surface area (Å²) < 4.78 is 63.5. The molecule has 3 rings (SSSR count). The van der Waals surface area contributed by atoms with Gasteiger partial charge in [0.25, 0.3) is 11.1 Å². The molecule has 0 aliphatic carbocycles. The van der Waals surface area contributed by atoms with Gasteiger partial charge in [0.15, 0.2) is 11.5 Å². The predicted molar refractivity (Wildman–Crippen MR) is 132 cm³/mol. The third-order valence-electron chi connectivity index (χ3n) is 4.60. The molecule has 0 atom stereocenters. The highest BCUT2D eigenvalue weighted by Gasteiger charge is 2.25. The summed E-state index contributed by atoms with van der Waals surface area (Å²) in [7, 11) is -6.53. The van der Waals surface area contributed by atoms with Crippen LogP contribution in [0.3, 0.4) is 0 Å². The summed E-state index contributed by atoms with van der Waals surface area (Å²) in [4.78, 5) is 16.3. The average molecular weight is 549 g/mol. The summed E-state index contributed by atoms with van der Waals surface area (Å²) in [5.41, 5.74) is 0.00874. The molecule has 3 aromatic rings. The number of aromatic nitrogens is 2. The van der Waals surface area contributed by atoms with E-state index < -0.39 is 36.3 Å². The molecule has 188 valence electrons. The number of sulfone groups is 1. The van der Waals surface area contributed by atoms with Gasteiger partial charge >= 0.3 is 10.1 Å². The number of carbonyl (C=O) groups is 1. The van der Waals surface area contributed by atoms with E-state index in [2.05, 4.69) is 14.7 Å². The van der Waals surface area contributed by atoms with Crippen LogP contribution in [-0.4, -0.2) is 44.5 Å². The Kier molecular flexibility index (Phi) is 8.08. The number of nitrogens with zero attached hydrogens (tertiary/aromatic N) is 3. The second-order valence-corrected chi connectivity index (χ2v) is 12.1. The summed E-state index contributed by atoms with van der Waals surface area (Å²) >= 11 is 0.665. The van der Waals surface area contributed by atoms with Crippen LogP contribution in [0.1, 0.15) is 19.4 Å². The summed E-state index contributed by atoms with van der Waals surface area (Å²) in [6.07, 6.45) is 1.24. The molecular weight excluding hydrogens is 528 g/mol. The standard InChI is InChI=1S/C22H20N4O7S3/c1-14(2)35(28,29)22-25-21(34-26-22)24-20(27)16(13-23)11-15-9-10-18(19(12-15)32-3)33-36(30,31)17-7-5-4-6-8-17/h4-12,14H,1-3H3,(H,24,25,26,27)/b16-11-. The molecule has 0 spiro atoms. The Bertz CT molecular complexity index is 1560. The molecule has 36 heavy (non-hydrogen) atoms. The van der Waals surface area contributed by atoms with Crippen LogP contribution in [0.15, 0.2) is 64.2 Å². The quantitative estimate of drug-likeness (QED) is 0.239. The third-order valence-corrected chi connectivity index (χ3v) is 8.53. The molecule has 0 saturated heterocycles. The first-order valence-electron chi connectivity index (χ1n) is 10.2. The fourth-order valence-electron chi connectivity index (χ4n) is 2.66. The summed E-state index contributed by atoms with van der Waals surface area (Å²) in [5.74, 6) is -0.879. The van der Waals surface area contributed by atoms with Crippen molar-refractivity contribution in [1.82, 2.24) is 9.36 Å². The molecule has 1 aromatic heterocycles. The van der Waals surface area contributed by atoms with E-state index in [1.54, 1.807) is 24.3 Å². The fraction of sp³-hybridized carbons (Fsp3) is 0.182. The first kappa shape index (κ1) is 26.8. The van der Waals surface area contributed by atoms with E-state index in [0.29, 0.717) is 17.1 Å².